The van der Waals surface area contributed by atoms with Gasteiger partial charge in [0.05, 0.1) is 0 Å². The summed E-state index contributed by atoms with van der Waals surface area (Å²) in [5, 5.41) is 14.7. The highest BCUT2D eigenvalue weighted by Gasteiger charge is 2.37. The van der Waals surface area contributed by atoms with Gasteiger partial charge in [-0.05, 0) is 24.1 Å². The van der Waals surface area contributed by atoms with Crippen molar-refractivity contribution in [3.63, 3.8) is 0 Å². The predicted molar refractivity (Wildman–Crippen MR) is 78.5 cm³/mol. The predicted octanol–water partition coefficient (Wildman–Crippen LogP) is 3.35. The first-order valence-corrected chi connectivity index (χ1v) is 6.69. The van der Waals surface area contributed by atoms with Crippen LogP contribution in [0.4, 0.5) is 5.69 Å². The van der Waals surface area contributed by atoms with Crippen LogP contribution >= 0.6 is 0 Å². The molecule has 0 saturated heterocycles. The Labute approximate surface area is 117 Å². The van der Waals surface area contributed by atoms with Gasteiger partial charge < -0.3 is 5.32 Å². The molecule has 0 aromatic heterocycles. The average Bonchev–Trinajstić information content (AvgIpc) is 2.46. The molecule has 0 saturated carbocycles. The van der Waals surface area contributed by atoms with Gasteiger partial charge in [-0.15, -0.1) is 0 Å². The van der Waals surface area contributed by atoms with Gasteiger partial charge in [0.25, 0.3) is 0 Å². The van der Waals surface area contributed by atoms with E-state index in [0.717, 1.165) is 22.4 Å². The van der Waals surface area contributed by atoms with E-state index in [1.165, 1.54) is 0 Å². The molecule has 2 aromatic rings. The Morgan fingerprint density at radius 3 is 2.75 bits per heavy atom. The number of anilines is 1. The molecule has 1 N–H and O–H groups in total. The van der Waals surface area contributed by atoms with Gasteiger partial charge in [0.1, 0.15) is 6.04 Å². The Morgan fingerprint density at radius 1 is 1.20 bits per heavy atom. The monoisotopic (exact) mass is 268 g/mol. The molecule has 4 nitrogen and oxygen atoms in total. The first-order valence-electron chi connectivity index (χ1n) is 6.69. The van der Waals surface area contributed by atoms with Gasteiger partial charge in [-0.2, -0.15) is 0 Å². The summed E-state index contributed by atoms with van der Waals surface area (Å²) >= 11 is 0. The molecule has 3 rings (SSSR count). The average molecular weight is 268 g/mol. The Morgan fingerprint density at radius 2 is 2.00 bits per heavy atom. The zero-order valence-electron chi connectivity index (χ0n) is 11.2. The van der Waals surface area contributed by atoms with E-state index >= 15 is 0 Å². The third-order valence-corrected chi connectivity index (χ3v) is 3.81. The number of aryl methyl sites for hydroxylation is 1. The van der Waals surface area contributed by atoms with Crippen molar-refractivity contribution in [1.82, 2.24) is 0 Å². The van der Waals surface area contributed by atoms with Crippen molar-refractivity contribution in [2.24, 2.45) is 0 Å². The van der Waals surface area contributed by atoms with Crippen molar-refractivity contribution in [3.8, 4) is 0 Å². The van der Waals surface area contributed by atoms with Crippen LogP contribution in [0, 0.1) is 17.0 Å². The fourth-order valence-electron chi connectivity index (χ4n) is 2.81. The number of hydrogen-bond acceptors (Lipinski definition) is 3. The van der Waals surface area contributed by atoms with Gasteiger partial charge in [-0.1, -0.05) is 48.0 Å². The molecule has 0 radical (unpaired) electrons. The molecule has 20 heavy (non-hydrogen) atoms. The molecular weight excluding hydrogens is 252 g/mol. The summed E-state index contributed by atoms with van der Waals surface area (Å²) < 4.78 is 0. The number of para-hydroxylation sites is 1. The van der Waals surface area contributed by atoms with Crippen molar-refractivity contribution in [1.29, 1.82) is 0 Å². The molecule has 0 bridgehead atoms. The normalized spacial score (nSPS) is 20.9. The highest BCUT2D eigenvalue weighted by atomic mass is 16.6. The van der Waals surface area contributed by atoms with Gasteiger partial charge in [0.15, 0.2) is 0 Å². The van der Waals surface area contributed by atoms with Gasteiger partial charge in [-0.3, -0.25) is 10.1 Å². The van der Waals surface area contributed by atoms with Crippen molar-refractivity contribution in [2.75, 3.05) is 5.32 Å². The lowest BCUT2D eigenvalue weighted by molar-refractivity contribution is -0.525. The minimum Gasteiger partial charge on any atom is -0.372 e. The Hall–Kier alpha value is -2.36. The van der Waals surface area contributed by atoms with Crippen molar-refractivity contribution >= 4 is 5.69 Å². The van der Waals surface area contributed by atoms with E-state index in [9.17, 15) is 10.1 Å². The Balaban J connectivity index is 2.02. The number of fused-ring (bicyclic) bond motifs is 1. The second kappa shape index (κ2) is 4.96. The van der Waals surface area contributed by atoms with Crippen molar-refractivity contribution in [2.45, 2.75) is 25.4 Å². The standard InChI is InChI=1S/C16H16N2O2/c1-11-5-4-7-13(9-11)16-15(18(19)20)10-12-6-2-3-8-14(12)17-16/h2-9,15-17H,10H2,1H3/t15-,16-/m0/s1. The fraction of sp³-hybridized carbons (Fsp3) is 0.250. The highest BCUT2D eigenvalue weighted by Crippen LogP contribution is 2.34. The lowest BCUT2D eigenvalue weighted by Gasteiger charge is -2.30. The summed E-state index contributed by atoms with van der Waals surface area (Å²) in [6, 6.07) is 14.8. The number of hydrogen-bond donors (Lipinski definition) is 1. The van der Waals surface area contributed by atoms with E-state index in [1.54, 1.807) is 0 Å². The van der Waals surface area contributed by atoms with E-state index in [2.05, 4.69) is 5.32 Å². The maximum absolute atomic E-state index is 11.4. The highest BCUT2D eigenvalue weighted by molar-refractivity contribution is 5.56. The van der Waals surface area contributed by atoms with E-state index in [4.69, 9.17) is 0 Å². The smallest absolute Gasteiger partial charge is 0.241 e. The van der Waals surface area contributed by atoms with Crippen LogP contribution in [0.5, 0.6) is 0 Å². The van der Waals surface area contributed by atoms with Crippen LogP contribution in [0.1, 0.15) is 22.7 Å². The van der Waals surface area contributed by atoms with Crippen LogP contribution in [0.25, 0.3) is 0 Å². The van der Waals surface area contributed by atoms with Crippen LogP contribution < -0.4 is 5.32 Å². The summed E-state index contributed by atoms with van der Waals surface area (Å²) in [6.45, 7) is 2.00. The molecule has 0 fully saturated rings. The maximum Gasteiger partial charge on any atom is 0.241 e. The van der Waals surface area contributed by atoms with Crippen LogP contribution in [-0.4, -0.2) is 11.0 Å². The van der Waals surface area contributed by atoms with Crippen LogP contribution in [-0.2, 0) is 6.42 Å². The minimum atomic E-state index is -0.633. The molecule has 1 heterocycles. The van der Waals surface area contributed by atoms with Crippen molar-refractivity contribution in [3.05, 3.63) is 75.3 Å². The van der Waals surface area contributed by atoms with E-state index in [1.807, 2.05) is 55.5 Å². The quantitative estimate of drug-likeness (QED) is 0.671. The first kappa shape index (κ1) is 12.7. The lowest BCUT2D eigenvalue weighted by Crippen LogP contribution is -2.38. The van der Waals surface area contributed by atoms with Crippen LogP contribution in [0.3, 0.4) is 0 Å². The fourth-order valence-corrected chi connectivity index (χ4v) is 2.81. The number of nitrogens with zero attached hydrogens (tertiary/aromatic N) is 1. The molecule has 2 atom stereocenters. The largest absolute Gasteiger partial charge is 0.372 e. The molecule has 4 heteroatoms. The molecule has 2 aromatic carbocycles. The lowest BCUT2D eigenvalue weighted by atomic mass is 9.89. The third kappa shape index (κ3) is 2.25. The molecule has 0 aliphatic carbocycles. The van der Waals surface area contributed by atoms with Gasteiger partial charge in [0.2, 0.25) is 6.04 Å². The molecule has 0 unspecified atom stereocenters. The summed E-state index contributed by atoms with van der Waals surface area (Å²) in [7, 11) is 0. The summed E-state index contributed by atoms with van der Waals surface area (Å²) in [5.74, 6) is 0. The summed E-state index contributed by atoms with van der Waals surface area (Å²) in [6.07, 6.45) is 0.467. The summed E-state index contributed by atoms with van der Waals surface area (Å²) in [5.41, 5.74) is 4.10. The molecule has 0 spiro atoms. The second-order valence-corrected chi connectivity index (χ2v) is 5.25. The molecule has 102 valence electrons. The van der Waals surface area contributed by atoms with Crippen LogP contribution in [0.2, 0.25) is 0 Å². The first-order chi connectivity index (χ1) is 9.65. The Kier molecular flexibility index (Phi) is 3.14. The second-order valence-electron chi connectivity index (χ2n) is 5.25. The molecule has 1 aliphatic rings. The topological polar surface area (TPSA) is 55.2 Å². The molecule has 0 amide bonds. The van der Waals surface area contributed by atoms with Gasteiger partial charge in [0, 0.05) is 17.0 Å². The number of benzene rings is 2. The van der Waals surface area contributed by atoms with Gasteiger partial charge in [-0.25, -0.2) is 0 Å². The zero-order chi connectivity index (χ0) is 14.1. The molecule has 1 aliphatic heterocycles. The number of rotatable bonds is 2. The zero-order valence-corrected chi connectivity index (χ0v) is 11.2. The minimum absolute atomic E-state index is 0.171. The summed E-state index contributed by atoms with van der Waals surface area (Å²) in [4.78, 5) is 11.2. The van der Waals surface area contributed by atoms with E-state index < -0.39 is 6.04 Å². The number of nitro groups is 1. The van der Waals surface area contributed by atoms with Crippen LogP contribution in [0.15, 0.2) is 48.5 Å². The SMILES string of the molecule is Cc1cccc([C@@H]2Nc3ccccc3C[C@@H]2[N+](=O)[O-])c1. The van der Waals surface area contributed by atoms with E-state index in [0.29, 0.717) is 6.42 Å². The molecular formula is C16H16N2O2. The maximum atomic E-state index is 11.4. The van der Waals surface area contributed by atoms with Crippen molar-refractivity contribution < 1.29 is 4.92 Å². The van der Waals surface area contributed by atoms with E-state index in [-0.39, 0.29) is 11.0 Å². The Bertz CT molecular complexity index is 654. The number of nitrogens with one attached hydrogen (secondary N) is 1. The van der Waals surface area contributed by atoms with Gasteiger partial charge >= 0.3 is 0 Å². The third-order valence-electron chi connectivity index (χ3n) is 3.81.